The SMILES string of the molecule is CC(C)[C@@H](C(=O)NCCC1CCN(CC(F)(F)F)CC1)c1cccnc1. The lowest BCUT2D eigenvalue weighted by molar-refractivity contribution is -0.148. The summed E-state index contributed by atoms with van der Waals surface area (Å²) in [5.74, 6) is 0.278. The molecule has 1 amide bonds. The highest BCUT2D eigenvalue weighted by atomic mass is 19.4. The summed E-state index contributed by atoms with van der Waals surface area (Å²) in [7, 11) is 0. The van der Waals surface area contributed by atoms with Gasteiger partial charge in [-0.3, -0.25) is 14.7 Å². The molecule has 26 heavy (non-hydrogen) atoms. The van der Waals surface area contributed by atoms with E-state index >= 15 is 0 Å². The van der Waals surface area contributed by atoms with E-state index in [1.807, 2.05) is 26.0 Å². The van der Waals surface area contributed by atoms with E-state index < -0.39 is 12.7 Å². The van der Waals surface area contributed by atoms with Crippen molar-refractivity contribution in [3.05, 3.63) is 30.1 Å². The van der Waals surface area contributed by atoms with Crippen molar-refractivity contribution < 1.29 is 18.0 Å². The Kier molecular flexibility index (Phi) is 7.43. The summed E-state index contributed by atoms with van der Waals surface area (Å²) in [5, 5.41) is 3.00. The number of amides is 1. The first-order chi connectivity index (χ1) is 12.3. The number of nitrogens with zero attached hydrogens (tertiary/aromatic N) is 2. The van der Waals surface area contributed by atoms with Gasteiger partial charge < -0.3 is 5.32 Å². The van der Waals surface area contributed by atoms with Crippen LogP contribution in [0, 0.1) is 11.8 Å². The van der Waals surface area contributed by atoms with Crippen molar-refractivity contribution in [3.63, 3.8) is 0 Å². The van der Waals surface area contributed by atoms with E-state index in [0.717, 1.165) is 24.8 Å². The Hall–Kier alpha value is -1.63. The molecule has 0 aliphatic carbocycles. The molecule has 7 heteroatoms. The van der Waals surface area contributed by atoms with Crippen molar-refractivity contribution >= 4 is 5.91 Å². The van der Waals surface area contributed by atoms with Gasteiger partial charge in [-0.05, 0) is 55.8 Å². The molecule has 4 nitrogen and oxygen atoms in total. The van der Waals surface area contributed by atoms with Gasteiger partial charge in [0.1, 0.15) is 0 Å². The highest BCUT2D eigenvalue weighted by Gasteiger charge is 2.32. The quantitative estimate of drug-likeness (QED) is 0.797. The first-order valence-electron chi connectivity index (χ1n) is 9.23. The van der Waals surface area contributed by atoms with E-state index in [1.54, 1.807) is 12.4 Å². The number of rotatable bonds is 7. The third-order valence-electron chi connectivity index (χ3n) is 4.95. The van der Waals surface area contributed by atoms with E-state index in [9.17, 15) is 18.0 Å². The molecule has 0 aromatic carbocycles. The number of piperidine rings is 1. The summed E-state index contributed by atoms with van der Waals surface area (Å²) in [6.45, 7) is 4.70. The summed E-state index contributed by atoms with van der Waals surface area (Å²) in [6, 6.07) is 3.74. The van der Waals surface area contributed by atoms with Crippen LogP contribution < -0.4 is 5.32 Å². The molecule has 1 aliphatic heterocycles. The number of halogens is 3. The molecule has 2 rings (SSSR count). The fourth-order valence-corrected chi connectivity index (χ4v) is 3.60. The maximum Gasteiger partial charge on any atom is 0.401 e. The predicted octanol–water partition coefficient (Wildman–Crippen LogP) is 3.60. The summed E-state index contributed by atoms with van der Waals surface area (Å²) in [4.78, 5) is 18.1. The zero-order valence-corrected chi connectivity index (χ0v) is 15.4. The molecule has 1 N–H and O–H groups in total. The molecule has 146 valence electrons. The van der Waals surface area contributed by atoms with Crippen LogP contribution in [0.15, 0.2) is 24.5 Å². The molecule has 1 aromatic heterocycles. The summed E-state index contributed by atoms with van der Waals surface area (Å²) in [5.41, 5.74) is 0.903. The number of carbonyl (C=O) groups excluding carboxylic acids is 1. The number of likely N-dealkylation sites (tertiary alicyclic amines) is 1. The van der Waals surface area contributed by atoms with Gasteiger partial charge in [0.25, 0.3) is 0 Å². The Labute approximate surface area is 153 Å². The Balaban J connectivity index is 1.74. The van der Waals surface area contributed by atoms with Crippen LogP contribution in [0.4, 0.5) is 13.2 Å². The minimum absolute atomic E-state index is 0.0116. The molecular weight excluding hydrogens is 343 g/mol. The topological polar surface area (TPSA) is 45.2 Å². The lowest BCUT2D eigenvalue weighted by atomic mass is 9.88. The minimum Gasteiger partial charge on any atom is -0.356 e. The summed E-state index contributed by atoms with van der Waals surface area (Å²) in [6.07, 6.45) is 1.59. The number of hydrogen-bond acceptors (Lipinski definition) is 3. The number of pyridine rings is 1. The van der Waals surface area contributed by atoms with Crippen LogP contribution in [0.25, 0.3) is 0 Å². The number of carbonyl (C=O) groups is 1. The second kappa shape index (κ2) is 9.35. The van der Waals surface area contributed by atoms with Crippen LogP contribution in [0.1, 0.15) is 44.6 Å². The number of aromatic nitrogens is 1. The Morgan fingerprint density at radius 3 is 2.58 bits per heavy atom. The lowest BCUT2D eigenvalue weighted by Crippen LogP contribution is -2.41. The Bertz CT molecular complexity index is 555. The first-order valence-corrected chi connectivity index (χ1v) is 9.23. The normalized spacial score (nSPS) is 18.1. The van der Waals surface area contributed by atoms with Gasteiger partial charge in [-0.25, -0.2) is 0 Å². The predicted molar refractivity (Wildman–Crippen MR) is 94.7 cm³/mol. The fraction of sp³-hybridized carbons (Fsp3) is 0.684. The van der Waals surface area contributed by atoms with Gasteiger partial charge in [-0.15, -0.1) is 0 Å². The van der Waals surface area contributed by atoms with Gasteiger partial charge in [0.15, 0.2) is 0 Å². The first kappa shape index (κ1) is 20.7. The van der Waals surface area contributed by atoms with Crippen molar-refractivity contribution in [1.82, 2.24) is 15.2 Å². The van der Waals surface area contributed by atoms with Gasteiger partial charge >= 0.3 is 6.18 Å². The van der Waals surface area contributed by atoms with Crippen molar-refractivity contribution in [2.24, 2.45) is 11.8 Å². The molecule has 1 aromatic rings. The third kappa shape index (κ3) is 6.59. The van der Waals surface area contributed by atoms with E-state index in [-0.39, 0.29) is 17.7 Å². The van der Waals surface area contributed by atoms with Crippen LogP contribution in [-0.2, 0) is 4.79 Å². The van der Waals surface area contributed by atoms with Crippen molar-refractivity contribution in [1.29, 1.82) is 0 Å². The monoisotopic (exact) mass is 371 g/mol. The molecule has 1 fully saturated rings. The highest BCUT2D eigenvalue weighted by molar-refractivity contribution is 5.83. The number of nitrogens with one attached hydrogen (secondary N) is 1. The zero-order chi connectivity index (χ0) is 19.2. The average molecular weight is 371 g/mol. The van der Waals surface area contributed by atoms with E-state index in [2.05, 4.69) is 10.3 Å². The zero-order valence-electron chi connectivity index (χ0n) is 15.4. The van der Waals surface area contributed by atoms with E-state index in [0.29, 0.717) is 25.6 Å². The van der Waals surface area contributed by atoms with Gasteiger partial charge in [0.05, 0.1) is 12.5 Å². The maximum absolute atomic E-state index is 12.6. The molecule has 1 aliphatic rings. The second-order valence-corrected chi connectivity index (χ2v) is 7.42. The van der Waals surface area contributed by atoms with Gasteiger partial charge in [0, 0.05) is 18.9 Å². The smallest absolute Gasteiger partial charge is 0.356 e. The van der Waals surface area contributed by atoms with E-state index in [1.165, 1.54) is 4.90 Å². The molecule has 1 atom stereocenters. The van der Waals surface area contributed by atoms with Crippen molar-refractivity contribution in [2.45, 2.75) is 45.2 Å². The molecule has 1 saturated heterocycles. The molecule has 0 spiro atoms. The van der Waals surface area contributed by atoms with Crippen LogP contribution in [0.2, 0.25) is 0 Å². The Morgan fingerprint density at radius 2 is 2.04 bits per heavy atom. The fourth-order valence-electron chi connectivity index (χ4n) is 3.60. The highest BCUT2D eigenvalue weighted by Crippen LogP contribution is 2.25. The third-order valence-corrected chi connectivity index (χ3v) is 4.95. The number of hydrogen-bond donors (Lipinski definition) is 1. The van der Waals surface area contributed by atoms with Crippen LogP contribution in [-0.4, -0.2) is 48.1 Å². The van der Waals surface area contributed by atoms with Gasteiger partial charge in [-0.2, -0.15) is 13.2 Å². The average Bonchev–Trinajstić information content (AvgIpc) is 2.56. The minimum atomic E-state index is -4.13. The Morgan fingerprint density at radius 1 is 1.35 bits per heavy atom. The van der Waals surface area contributed by atoms with E-state index in [4.69, 9.17) is 0 Å². The van der Waals surface area contributed by atoms with Gasteiger partial charge in [-0.1, -0.05) is 19.9 Å². The summed E-state index contributed by atoms with van der Waals surface area (Å²) < 4.78 is 37.2. The van der Waals surface area contributed by atoms with Crippen LogP contribution in [0.3, 0.4) is 0 Å². The van der Waals surface area contributed by atoms with Crippen LogP contribution in [0.5, 0.6) is 0 Å². The maximum atomic E-state index is 12.6. The summed E-state index contributed by atoms with van der Waals surface area (Å²) >= 11 is 0. The molecule has 0 radical (unpaired) electrons. The standard InChI is InChI=1S/C19H28F3N3O/c1-14(2)17(16-4-3-8-23-12-16)18(26)24-9-5-15-6-10-25(11-7-15)13-19(20,21)22/h3-4,8,12,14-15,17H,5-7,9-11,13H2,1-2H3,(H,24,26)/t17-/m1/s1. The molecule has 0 saturated carbocycles. The largest absolute Gasteiger partial charge is 0.401 e. The second-order valence-electron chi connectivity index (χ2n) is 7.42. The lowest BCUT2D eigenvalue weighted by Gasteiger charge is -2.32. The van der Waals surface area contributed by atoms with Crippen molar-refractivity contribution in [3.8, 4) is 0 Å². The molecule has 2 heterocycles. The molecule has 0 unspecified atom stereocenters. The molecule has 0 bridgehead atoms. The molecular formula is C19H28F3N3O. The van der Waals surface area contributed by atoms with Crippen molar-refractivity contribution in [2.75, 3.05) is 26.2 Å². The van der Waals surface area contributed by atoms with Crippen LogP contribution >= 0.6 is 0 Å². The number of alkyl halides is 3. The van der Waals surface area contributed by atoms with Gasteiger partial charge in [0.2, 0.25) is 5.91 Å².